The minimum absolute atomic E-state index is 0.0977. The van der Waals surface area contributed by atoms with E-state index in [9.17, 15) is 19.7 Å². The quantitative estimate of drug-likeness (QED) is 0.267. The fourth-order valence-electron chi connectivity index (χ4n) is 2.85. The van der Waals surface area contributed by atoms with Gasteiger partial charge in [0.2, 0.25) is 0 Å². The van der Waals surface area contributed by atoms with Crippen LogP contribution in [0.5, 0.6) is 5.75 Å². The third-order valence-corrected chi connectivity index (χ3v) is 4.98. The second kappa shape index (κ2) is 10.6. The number of para-hydroxylation sites is 1. The van der Waals surface area contributed by atoms with Gasteiger partial charge in [0.25, 0.3) is 17.5 Å². The Morgan fingerprint density at radius 2 is 1.79 bits per heavy atom. The highest BCUT2D eigenvalue weighted by atomic mass is 35.5. The molecule has 0 aliphatic carbocycles. The number of nitrogens with one attached hydrogen (secondary N) is 2. The SMILES string of the molecule is COc1ccc(Cl)cc1C(=O)N/C(=C\c1cccc([N+](=O)[O-])c1)C(=O)Nc1ccccc1Cl. The molecular formula is C23H17Cl2N3O5. The van der Waals surface area contributed by atoms with Gasteiger partial charge < -0.3 is 15.4 Å². The van der Waals surface area contributed by atoms with Crippen molar-refractivity contribution in [1.29, 1.82) is 0 Å². The minimum Gasteiger partial charge on any atom is -0.496 e. The fourth-order valence-corrected chi connectivity index (χ4v) is 3.21. The lowest BCUT2D eigenvalue weighted by atomic mass is 10.1. The van der Waals surface area contributed by atoms with Gasteiger partial charge in [-0.1, -0.05) is 47.5 Å². The number of nitro groups is 1. The number of halogens is 2. The van der Waals surface area contributed by atoms with Gasteiger partial charge in [0.1, 0.15) is 11.4 Å². The number of anilines is 1. The minimum atomic E-state index is -0.691. The van der Waals surface area contributed by atoms with E-state index in [1.54, 1.807) is 36.4 Å². The van der Waals surface area contributed by atoms with Crippen LogP contribution in [-0.4, -0.2) is 23.8 Å². The van der Waals surface area contributed by atoms with Crippen LogP contribution in [0.1, 0.15) is 15.9 Å². The second-order valence-electron chi connectivity index (χ2n) is 6.64. The van der Waals surface area contributed by atoms with E-state index in [2.05, 4.69) is 10.6 Å². The van der Waals surface area contributed by atoms with E-state index >= 15 is 0 Å². The number of rotatable bonds is 7. The first-order chi connectivity index (χ1) is 15.8. The van der Waals surface area contributed by atoms with E-state index in [1.807, 2.05) is 0 Å². The Morgan fingerprint density at radius 3 is 2.48 bits per heavy atom. The maximum Gasteiger partial charge on any atom is 0.272 e. The summed E-state index contributed by atoms with van der Waals surface area (Å²) in [4.78, 5) is 36.6. The van der Waals surface area contributed by atoms with Crippen molar-refractivity contribution < 1.29 is 19.2 Å². The van der Waals surface area contributed by atoms with Gasteiger partial charge >= 0.3 is 0 Å². The van der Waals surface area contributed by atoms with E-state index in [0.717, 1.165) is 0 Å². The van der Waals surface area contributed by atoms with Gasteiger partial charge in [0, 0.05) is 17.2 Å². The molecule has 0 unspecified atom stereocenters. The first-order valence-corrected chi connectivity index (χ1v) is 10.2. The molecule has 0 aliphatic heterocycles. The average Bonchev–Trinajstić information content (AvgIpc) is 2.80. The number of methoxy groups -OCH3 is 1. The lowest BCUT2D eigenvalue weighted by Crippen LogP contribution is -2.31. The molecule has 0 fully saturated rings. The van der Waals surface area contributed by atoms with Crippen molar-refractivity contribution in [2.45, 2.75) is 0 Å². The average molecular weight is 486 g/mol. The highest BCUT2D eigenvalue weighted by molar-refractivity contribution is 6.34. The lowest BCUT2D eigenvalue weighted by Gasteiger charge is -2.14. The van der Waals surface area contributed by atoms with Crippen LogP contribution < -0.4 is 15.4 Å². The highest BCUT2D eigenvalue weighted by Crippen LogP contribution is 2.24. The number of carbonyl (C=O) groups is 2. The van der Waals surface area contributed by atoms with Crippen LogP contribution in [0.4, 0.5) is 11.4 Å². The number of benzene rings is 3. The van der Waals surface area contributed by atoms with Crippen molar-refractivity contribution in [3.05, 3.63) is 104 Å². The molecule has 33 heavy (non-hydrogen) atoms. The summed E-state index contributed by atoms with van der Waals surface area (Å²) >= 11 is 12.1. The summed E-state index contributed by atoms with van der Waals surface area (Å²) in [5, 5.41) is 16.9. The smallest absolute Gasteiger partial charge is 0.272 e. The van der Waals surface area contributed by atoms with E-state index in [4.69, 9.17) is 27.9 Å². The number of hydrogen-bond acceptors (Lipinski definition) is 5. The standard InChI is InChI=1S/C23H17Cl2N3O5/c1-33-21-10-9-15(24)13-17(21)22(29)27-20(12-14-5-4-6-16(11-14)28(31)32)23(30)26-19-8-3-2-7-18(19)25/h2-13H,1H3,(H,26,30)(H,27,29)/b20-12-. The van der Waals surface area contributed by atoms with Gasteiger partial charge in [0.05, 0.1) is 28.3 Å². The van der Waals surface area contributed by atoms with Crippen LogP contribution >= 0.6 is 23.2 Å². The molecule has 8 nitrogen and oxygen atoms in total. The third kappa shape index (κ3) is 6.09. The molecule has 3 aromatic carbocycles. The Balaban J connectivity index is 2.00. The molecule has 2 N–H and O–H groups in total. The van der Waals surface area contributed by atoms with Crippen LogP contribution in [0.15, 0.2) is 72.4 Å². The summed E-state index contributed by atoms with van der Waals surface area (Å²) in [6, 6.07) is 16.6. The van der Waals surface area contributed by atoms with Crippen molar-refractivity contribution in [3.8, 4) is 5.75 Å². The van der Waals surface area contributed by atoms with Gasteiger partial charge in [-0.3, -0.25) is 19.7 Å². The Labute approximate surface area is 198 Å². The predicted molar refractivity (Wildman–Crippen MR) is 127 cm³/mol. The number of amides is 2. The second-order valence-corrected chi connectivity index (χ2v) is 7.49. The van der Waals surface area contributed by atoms with Crippen molar-refractivity contribution in [2.75, 3.05) is 12.4 Å². The molecule has 0 bridgehead atoms. The predicted octanol–water partition coefficient (Wildman–Crippen LogP) is 5.32. The maximum atomic E-state index is 13.0. The van der Waals surface area contributed by atoms with Crippen molar-refractivity contribution in [3.63, 3.8) is 0 Å². The van der Waals surface area contributed by atoms with Crippen LogP contribution in [0.25, 0.3) is 6.08 Å². The number of hydrogen-bond donors (Lipinski definition) is 2. The molecule has 0 aromatic heterocycles. The Hall–Kier alpha value is -3.88. The van der Waals surface area contributed by atoms with E-state index in [-0.39, 0.29) is 22.7 Å². The van der Waals surface area contributed by atoms with E-state index in [1.165, 1.54) is 43.5 Å². The van der Waals surface area contributed by atoms with E-state index < -0.39 is 16.7 Å². The summed E-state index contributed by atoms with van der Waals surface area (Å²) in [5.74, 6) is -1.11. The van der Waals surface area contributed by atoms with Gasteiger partial charge in [-0.05, 0) is 42.0 Å². The molecule has 168 valence electrons. The Bertz CT molecular complexity index is 1260. The van der Waals surface area contributed by atoms with Gasteiger partial charge in [-0.2, -0.15) is 0 Å². The van der Waals surface area contributed by atoms with Crippen molar-refractivity contribution in [1.82, 2.24) is 5.32 Å². The molecule has 3 aromatic rings. The van der Waals surface area contributed by atoms with Crippen molar-refractivity contribution in [2.24, 2.45) is 0 Å². The summed E-state index contributed by atoms with van der Waals surface area (Å²) in [5.41, 5.74) is 0.399. The number of nitro benzene ring substituents is 1. The van der Waals surface area contributed by atoms with Crippen LogP contribution in [0.3, 0.4) is 0 Å². The molecular weight excluding hydrogens is 469 g/mol. The molecule has 0 atom stereocenters. The lowest BCUT2D eigenvalue weighted by molar-refractivity contribution is -0.384. The number of non-ortho nitro benzene ring substituents is 1. The third-order valence-electron chi connectivity index (χ3n) is 4.41. The van der Waals surface area contributed by atoms with Crippen molar-refractivity contribution >= 4 is 52.5 Å². The maximum absolute atomic E-state index is 13.0. The number of nitrogens with zero attached hydrogens (tertiary/aromatic N) is 1. The molecule has 0 spiro atoms. The van der Waals surface area contributed by atoms with Gasteiger partial charge in [-0.15, -0.1) is 0 Å². The fraction of sp³-hybridized carbons (Fsp3) is 0.0435. The highest BCUT2D eigenvalue weighted by Gasteiger charge is 2.19. The monoisotopic (exact) mass is 485 g/mol. The Kier molecular flexibility index (Phi) is 7.66. The summed E-state index contributed by atoms with van der Waals surface area (Å²) in [7, 11) is 1.39. The zero-order valence-corrected chi connectivity index (χ0v) is 18.7. The molecule has 2 amide bonds. The molecule has 3 rings (SSSR count). The number of ether oxygens (including phenoxy) is 1. The normalized spacial score (nSPS) is 10.9. The van der Waals surface area contributed by atoms with Gasteiger partial charge in [0.15, 0.2) is 0 Å². The molecule has 0 saturated heterocycles. The zero-order valence-electron chi connectivity index (χ0n) is 17.2. The van der Waals surface area contributed by atoms with E-state index in [0.29, 0.717) is 21.3 Å². The van der Waals surface area contributed by atoms with Crippen LogP contribution in [0, 0.1) is 10.1 Å². The molecule has 0 radical (unpaired) electrons. The summed E-state index contributed by atoms with van der Waals surface area (Å²) in [6.45, 7) is 0. The Morgan fingerprint density at radius 1 is 1.03 bits per heavy atom. The zero-order chi connectivity index (χ0) is 24.0. The topological polar surface area (TPSA) is 111 Å². The summed E-state index contributed by atoms with van der Waals surface area (Å²) in [6.07, 6.45) is 1.31. The molecule has 0 heterocycles. The number of carbonyl (C=O) groups excluding carboxylic acids is 2. The first kappa shape index (κ1) is 23.8. The van der Waals surface area contributed by atoms with Crippen LogP contribution in [0.2, 0.25) is 10.0 Å². The van der Waals surface area contributed by atoms with Crippen LogP contribution in [-0.2, 0) is 4.79 Å². The summed E-state index contributed by atoms with van der Waals surface area (Å²) < 4.78 is 5.20. The molecule has 0 saturated carbocycles. The van der Waals surface area contributed by atoms with Gasteiger partial charge in [-0.25, -0.2) is 0 Å². The first-order valence-electron chi connectivity index (χ1n) is 9.45. The molecule has 0 aliphatic rings. The molecule has 10 heteroatoms. The largest absolute Gasteiger partial charge is 0.496 e.